The molecular weight excluding hydrogens is 336 g/mol. The van der Waals surface area contributed by atoms with Gasteiger partial charge in [0.25, 0.3) is 5.91 Å². The lowest BCUT2D eigenvalue weighted by atomic mass is 10.1. The van der Waals surface area contributed by atoms with Crippen molar-refractivity contribution < 1.29 is 14.5 Å². The molecule has 0 aliphatic heterocycles. The van der Waals surface area contributed by atoms with Crippen molar-refractivity contribution in [2.45, 2.75) is 20.4 Å². The predicted octanol–water partition coefficient (Wildman–Crippen LogP) is 2.88. The minimum Gasteiger partial charge on any atom is -0.487 e. The highest BCUT2D eigenvalue weighted by Gasteiger charge is 2.18. The third-order valence-electron chi connectivity index (χ3n) is 3.81. The zero-order chi connectivity index (χ0) is 18.7. The van der Waals surface area contributed by atoms with E-state index in [1.54, 1.807) is 6.92 Å². The van der Waals surface area contributed by atoms with Gasteiger partial charge in [-0.3, -0.25) is 14.9 Å². The van der Waals surface area contributed by atoms with Crippen molar-refractivity contribution in [1.29, 1.82) is 0 Å². The summed E-state index contributed by atoms with van der Waals surface area (Å²) in [6.45, 7) is 4.25. The Morgan fingerprint density at radius 3 is 2.88 bits per heavy atom. The third-order valence-corrected chi connectivity index (χ3v) is 3.81. The van der Waals surface area contributed by atoms with Gasteiger partial charge in [-0.25, -0.2) is 4.98 Å². The fraction of sp³-hybridized carbons (Fsp3) is 0.222. The lowest BCUT2D eigenvalue weighted by Gasteiger charge is -2.07. The highest BCUT2D eigenvalue weighted by Crippen LogP contribution is 2.28. The van der Waals surface area contributed by atoms with E-state index in [0.717, 1.165) is 11.2 Å². The molecule has 26 heavy (non-hydrogen) atoms. The molecule has 3 rings (SSSR count). The number of aryl methyl sites for hydroxylation is 1. The number of pyridine rings is 1. The first kappa shape index (κ1) is 17.4. The molecule has 0 aliphatic rings. The van der Waals surface area contributed by atoms with Crippen LogP contribution in [0.25, 0.3) is 5.65 Å². The normalized spacial score (nSPS) is 10.7. The summed E-state index contributed by atoms with van der Waals surface area (Å²) in [4.78, 5) is 27.4. The van der Waals surface area contributed by atoms with Crippen LogP contribution in [0.1, 0.15) is 28.5 Å². The minimum absolute atomic E-state index is 0.143. The first-order valence-electron chi connectivity index (χ1n) is 8.11. The number of hydrogen-bond donors (Lipinski definition) is 1. The number of nitrogens with one attached hydrogen (secondary N) is 1. The molecule has 2 aromatic heterocycles. The van der Waals surface area contributed by atoms with Gasteiger partial charge in [0.05, 0.1) is 23.8 Å². The minimum atomic E-state index is -0.563. The van der Waals surface area contributed by atoms with E-state index in [1.165, 1.54) is 18.2 Å². The second-order valence-corrected chi connectivity index (χ2v) is 5.76. The fourth-order valence-corrected chi connectivity index (χ4v) is 2.57. The van der Waals surface area contributed by atoms with Crippen molar-refractivity contribution in [2.75, 3.05) is 6.61 Å². The van der Waals surface area contributed by atoms with E-state index in [0.29, 0.717) is 12.3 Å². The van der Waals surface area contributed by atoms with Crippen LogP contribution in [0.2, 0.25) is 0 Å². The quantitative estimate of drug-likeness (QED) is 0.542. The number of amides is 1. The van der Waals surface area contributed by atoms with Crippen molar-refractivity contribution in [3.05, 3.63) is 69.7 Å². The molecule has 0 fully saturated rings. The Kier molecular flexibility index (Phi) is 4.83. The van der Waals surface area contributed by atoms with Gasteiger partial charge in [-0.1, -0.05) is 0 Å². The number of carbonyl (C=O) groups is 1. The number of hydrogen-bond acceptors (Lipinski definition) is 5. The van der Waals surface area contributed by atoms with Crippen molar-refractivity contribution in [3.8, 4) is 5.75 Å². The molecule has 0 aliphatic carbocycles. The van der Waals surface area contributed by atoms with Gasteiger partial charge >= 0.3 is 5.69 Å². The molecule has 0 bridgehead atoms. The number of rotatable bonds is 6. The number of nitro groups is 1. The van der Waals surface area contributed by atoms with Gasteiger partial charge in [0.1, 0.15) is 5.65 Å². The maximum absolute atomic E-state index is 12.3. The van der Waals surface area contributed by atoms with Crippen molar-refractivity contribution in [3.63, 3.8) is 0 Å². The van der Waals surface area contributed by atoms with Gasteiger partial charge in [-0.15, -0.1) is 0 Å². The first-order valence-corrected chi connectivity index (χ1v) is 8.11. The highest BCUT2D eigenvalue weighted by atomic mass is 16.6. The molecule has 134 valence electrons. The van der Waals surface area contributed by atoms with Crippen LogP contribution in [0.5, 0.6) is 5.75 Å². The van der Waals surface area contributed by atoms with E-state index < -0.39 is 10.8 Å². The van der Waals surface area contributed by atoms with Crippen LogP contribution in [-0.2, 0) is 6.54 Å². The van der Waals surface area contributed by atoms with Crippen molar-refractivity contribution in [2.24, 2.45) is 0 Å². The molecule has 0 radical (unpaired) electrons. The van der Waals surface area contributed by atoms with Crippen LogP contribution in [0, 0.1) is 17.0 Å². The standard InChI is InChI=1S/C18H18N4O4/c1-3-26-16-5-4-13(9-15(16)22(24)25)18(23)19-10-14-11-21-7-6-12(2)8-17(21)20-14/h4-9,11H,3,10H2,1-2H3,(H,19,23). The maximum atomic E-state index is 12.3. The van der Waals surface area contributed by atoms with Crippen LogP contribution in [0.4, 0.5) is 5.69 Å². The van der Waals surface area contributed by atoms with E-state index in [9.17, 15) is 14.9 Å². The molecule has 8 nitrogen and oxygen atoms in total. The molecule has 8 heteroatoms. The molecule has 3 aromatic rings. The summed E-state index contributed by atoms with van der Waals surface area (Å²) in [7, 11) is 0. The number of nitro benzene ring substituents is 1. The summed E-state index contributed by atoms with van der Waals surface area (Å²) in [6, 6.07) is 8.06. The zero-order valence-corrected chi connectivity index (χ0v) is 14.4. The molecule has 0 saturated heterocycles. The zero-order valence-electron chi connectivity index (χ0n) is 14.4. The number of fused-ring (bicyclic) bond motifs is 1. The van der Waals surface area contributed by atoms with Crippen molar-refractivity contribution in [1.82, 2.24) is 14.7 Å². The summed E-state index contributed by atoms with van der Waals surface area (Å²) in [5, 5.41) is 13.9. The van der Waals surface area contributed by atoms with Crippen LogP contribution in [-0.4, -0.2) is 26.8 Å². The number of ether oxygens (including phenoxy) is 1. The molecule has 0 unspecified atom stereocenters. The Morgan fingerprint density at radius 1 is 1.35 bits per heavy atom. The number of benzene rings is 1. The first-order chi connectivity index (χ1) is 12.5. The highest BCUT2D eigenvalue weighted by molar-refractivity contribution is 5.95. The summed E-state index contributed by atoms with van der Waals surface area (Å²) < 4.78 is 7.09. The van der Waals surface area contributed by atoms with Crippen LogP contribution >= 0.6 is 0 Å². The van der Waals surface area contributed by atoms with Gasteiger partial charge in [-0.2, -0.15) is 0 Å². The Morgan fingerprint density at radius 2 is 2.15 bits per heavy atom. The molecule has 1 amide bonds. The molecule has 0 atom stereocenters. The number of aromatic nitrogens is 2. The lowest BCUT2D eigenvalue weighted by Crippen LogP contribution is -2.23. The van der Waals surface area contributed by atoms with Crippen LogP contribution in [0.15, 0.2) is 42.7 Å². The monoisotopic (exact) mass is 354 g/mol. The molecule has 1 N–H and O–H groups in total. The van der Waals surface area contributed by atoms with Crippen LogP contribution < -0.4 is 10.1 Å². The molecule has 0 saturated carbocycles. The van der Waals surface area contributed by atoms with Crippen LogP contribution in [0.3, 0.4) is 0 Å². The van der Waals surface area contributed by atoms with Gasteiger partial charge in [-0.05, 0) is 43.7 Å². The summed E-state index contributed by atoms with van der Waals surface area (Å²) in [5.74, 6) is -0.269. The number of carbonyl (C=O) groups excluding carboxylic acids is 1. The molecule has 1 aromatic carbocycles. The van der Waals surface area contributed by atoms with E-state index in [-0.39, 0.29) is 23.5 Å². The maximum Gasteiger partial charge on any atom is 0.311 e. The van der Waals surface area contributed by atoms with E-state index >= 15 is 0 Å². The van der Waals surface area contributed by atoms with E-state index in [4.69, 9.17) is 4.74 Å². The fourth-order valence-electron chi connectivity index (χ4n) is 2.57. The van der Waals surface area contributed by atoms with E-state index in [2.05, 4.69) is 10.3 Å². The molecule has 2 heterocycles. The Balaban J connectivity index is 1.74. The van der Waals surface area contributed by atoms with Gasteiger partial charge < -0.3 is 14.5 Å². The average molecular weight is 354 g/mol. The Labute approximate surface area is 149 Å². The molecular formula is C18H18N4O4. The Hall–Kier alpha value is -3.42. The predicted molar refractivity (Wildman–Crippen MR) is 95.4 cm³/mol. The largest absolute Gasteiger partial charge is 0.487 e. The smallest absolute Gasteiger partial charge is 0.311 e. The topological polar surface area (TPSA) is 98.8 Å². The van der Waals surface area contributed by atoms with Gasteiger partial charge in [0, 0.05) is 24.0 Å². The second-order valence-electron chi connectivity index (χ2n) is 5.76. The number of imidazole rings is 1. The average Bonchev–Trinajstić information content (AvgIpc) is 3.02. The van der Waals surface area contributed by atoms with Gasteiger partial charge in [0.2, 0.25) is 0 Å². The number of nitrogens with zero attached hydrogens (tertiary/aromatic N) is 3. The second kappa shape index (κ2) is 7.22. The SMILES string of the molecule is CCOc1ccc(C(=O)NCc2cn3ccc(C)cc3n2)cc1[N+](=O)[O-]. The Bertz CT molecular complexity index is 980. The van der Waals surface area contributed by atoms with Crippen molar-refractivity contribution >= 4 is 17.2 Å². The van der Waals surface area contributed by atoms with Gasteiger partial charge in [0.15, 0.2) is 5.75 Å². The lowest BCUT2D eigenvalue weighted by molar-refractivity contribution is -0.385. The van der Waals surface area contributed by atoms with E-state index in [1.807, 2.05) is 35.9 Å². The summed E-state index contributed by atoms with van der Waals surface area (Å²) in [5.41, 5.74) is 2.55. The third kappa shape index (κ3) is 3.64. The summed E-state index contributed by atoms with van der Waals surface area (Å²) >= 11 is 0. The summed E-state index contributed by atoms with van der Waals surface area (Å²) in [6.07, 6.45) is 3.73. The molecule has 0 spiro atoms.